The van der Waals surface area contributed by atoms with Gasteiger partial charge in [-0.2, -0.15) is 0 Å². The standard InChI is InChI=1S/C22H25ClF3NO3S.C3H9NS/c1-12(28)3-4-14(7-13(2)29)11-31-20-8-15(5-6-17(20)23)22(30)27-16-9-18(24)21(26)19(25)10-16;1-2-3-5-4/h5-6,8-10,12-14,28-29H,3-4,7,11H2,1-2H3,(H,27,30);2-4H2,1H3. The molecule has 0 aliphatic carbocycles. The minimum absolute atomic E-state index is 0.137. The summed E-state index contributed by atoms with van der Waals surface area (Å²) in [6.45, 7) is 5.53. The van der Waals surface area contributed by atoms with Gasteiger partial charge in [-0.05, 0) is 63.6 Å². The Bertz CT molecular complexity index is 943. The summed E-state index contributed by atoms with van der Waals surface area (Å²) in [4.78, 5) is 13.1. The molecule has 2 aromatic carbocycles. The first-order valence-corrected chi connectivity index (χ1v) is 14.0. The second-order valence-electron chi connectivity index (χ2n) is 8.41. The van der Waals surface area contributed by atoms with E-state index in [-0.39, 0.29) is 17.2 Å². The van der Waals surface area contributed by atoms with E-state index in [2.05, 4.69) is 12.2 Å². The van der Waals surface area contributed by atoms with E-state index in [1.165, 1.54) is 36.2 Å². The third kappa shape index (κ3) is 12.2. The van der Waals surface area contributed by atoms with E-state index in [0.717, 1.165) is 12.2 Å². The van der Waals surface area contributed by atoms with Crippen LogP contribution >= 0.6 is 35.3 Å². The summed E-state index contributed by atoms with van der Waals surface area (Å²) in [5.41, 5.74) is 0.00812. The number of hydrogen-bond donors (Lipinski definition) is 4. The van der Waals surface area contributed by atoms with Crippen LogP contribution < -0.4 is 10.5 Å². The molecule has 3 atom stereocenters. The predicted molar refractivity (Wildman–Crippen MR) is 144 cm³/mol. The van der Waals surface area contributed by atoms with E-state index in [9.17, 15) is 28.2 Å². The van der Waals surface area contributed by atoms with Gasteiger partial charge in [0.15, 0.2) is 17.5 Å². The highest BCUT2D eigenvalue weighted by Crippen LogP contribution is 2.32. The molecule has 5 N–H and O–H groups in total. The van der Waals surface area contributed by atoms with Gasteiger partial charge in [0.25, 0.3) is 5.91 Å². The molecule has 36 heavy (non-hydrogen) atoms. The number of amides is 1. The van der Waals surface area contributed by atoms with Crippen molar-refractivity contribution in [2.75, 3.05) is 16.8 Å². The summed E-state index contributed by atoms with van der Waals surface area (Å²) in [6, 6.07) is 5.98. The molecule has 0 aromatic heterocycles. The number of carbonyl (C=O) groups is 1. The molecule has 0 fully saturated rings. The van der Waals surface area contributed by atoms with Gasteiger partial charge in [0.2, 0.25) is 0 Å². The highest BCUT2D eigenvalue weighted by atomic mass is 35.5. The van der Waals surface area contributed by atoms with E-state index in [1.54, 1.807) is 26.0 Å². The van der Waals surface area contributed by atoms with Gasteiger partial charge in [0, 0.05) is 39.8 Å². The zero-order valence-corrected chi connectivity index (χ0v) is 23.0. The van der Waals surface area contributed by atoms with Gasteiger partial charge in [-0.3, -0.25) is 9.93 Å². The van der Waals surface area contributed by atoms with Crippen LogP contribution in [0, 0.1) is 23.4 Å². The van der Waals surface area contributed by atoms with Gasteiger partial charge < -0.3 is 15.5 Å². The van der Waals surface area contributed by atoms with Crippen molar-refractivity contribution in [2.24, 2.45) is 11.1 Å². The first-order valence-electron chi connectivity index (χ1n) is 11.5. The zero-order valence-electron chi connectivity index (χ0n) is 20.6. The van der Waals surface area contributed by atoms with Crippen molar-refractivity contribution in [3.8, 4) is 0 Å². The van der Waals surface area contributed by atoms with Gasteiger partial charge in [0.1, 0.15) is 0 Å². The van der Waals surface area contributed by atoms with Crippen molar-refractivity contribution in [1.82, 2.24) is 0 Å². The molecule has 0 saturated heterocycles. The fourth-order valence-electron chi connectivity index (χ4n) is 3.14. The minimum Gasteiger partial charge on any atom is -0.393 e. The molecular weight excluding hydrogens is 533 g/mol. The normalized spacial score (nSPS) is 13.4. The summed E-state index contributed by atoms with van der Waals surface area (Å²) < 4.78 is 39.8. The topological polar surface area (TPSA) is 95.6 Å². The fourth-order valence-corrected chi connectivity index (χ4v) is 4.79. The summed E-state index contributed by atoms with van der Waals surface area (Å²) in [6.07, 6.45) is 2.18. The van der Waals surface area contributed by atoms with E-state index in [1.807, 2.05) is 0 Å². The summed E-state index contributed by atoms with van der Waals surface area (Å²) in [7, 11) is 0. The predicted octanol–water partition coefficient (Wildman–Crippen LogP) is 6.65. The van der Waals surface area contributed by atoms with Crippen LogP contribution in [-0.2, 0) is 0 Å². The van der Waals surface area contributed by atoms with Crippen molar-refractivity contribution >= 4 is 46.9 Å². The number of halogens is 4. The number of carbonyl (C=O) groups excluding carboxylic acids is 1. The van der Waals surface area contributed by atoms with Gasteiger partial charge in [-0.1, -0.05) is 30.5 Å². The van der Waals surface area contributed by atoms with Crippen molar-refractivity contribution in [1.29, 1.82) is 0 Å². The van der Waals surface area contributed by atoms with Gasteiger partial charge >= 0.3 is 0 Å². The SMILES string of the molecule is CC(O)CCC(CSc1cc(C(=O)Nc2cc(F)c(F)c(F)c2)ccc1Cl)CC(C)O.CCCSN. The lowest BCUT2D eigenvalue weighted by Gasteiger charge is -2.19. The van der Waals surface area contributed by atoms with E-state index in [0.29, 0.717) is 40.6 Å². The van der Waals surface area contributed by atoms with E-state index >= 15 is 0 Å². The Morgan fingerprint density at radius 1 is 1.08 bits per heavy atom. The Hall–Kier alpha value is -1.43. The quantitative estimate of drug-likeness (QED) is 0.130. The number of anilines is 1. The molecule has 2 rings (SSSR count). The van der Waals surface area contributed by atoms with E-state index < -0.39 is 35.6 Å². The van der Waals surface area contributed by atoms with Crippen LogP contribution in [0.1, 0.15) is 56.8 Å². The number of thioether (sulfide) groups is 1. The third-order valence-electron chi connectivity index (χ3n) is 4.90. The molecule has 1 amide bonds. The summed E-state index contributed by atoms with van der Waals surface area (Å²) >= 11 is 9.07. The molecule has 0 spiro atoms. The Morgan fingerprint density at radius 2 is 1.72 bits per heavy atom. The maximum absolute atomic E-state index is 13.4. The molecule has 5 nitrogen and oxygen atoms in total. The van der Waals surface area contributed by atoms with Crippen LogP contribution in [0.2, 0.25) is 5.02 Å². The maximum Gasteiger partial charge on any atom is 0.255 e. The van der Waals surface area contributed by atoms with Crippen LogP contribution in [0.3, 0.4) is 0 Å². The van der Waals surface area contributed by atoms with Crippen LogP contribution in [0.5, 0.6) is 0 Å². The van der Waals surface area contributed by atoms with Crippen molar-refractivity contribution in [3.05, 3.63) is 58.4 Å². The third-order valence-corrected chi connectivity index (χ3v) is 7.27. The average molecular weight is 567 g/mol. The largest absolute Gasteiger partial charge is 0.393 e. The molecule has 0 heterocycles. The monoisotopic (exact) mass is 566 g/mol. The number of rotatable bonds is 12. The molecule has 202 valence electrons. The molecular formula is C25H34ClF3N2O3S2. The Labute approximate surface area is 224 Å². The molecule has 3 unspecified atom stereocenters. The maximum atomic E-state index is 13.4. The van der Waals surface area contributed by atoms with Gasteiger partial charge in [0.05, 0.1) is 17.2 Å². The Balaban J connectivity index is 0.00000118. The van der Waals surface area contributed by atoms with Crippen LogP contribution in [0.4, 0.5) is 18.9 Å². The second-order valence-corrected chi connectivity index (χ2v) is 10.6. The van der Waals surface area contributed by atoms with Crippen LogP contribution in [0.15, 0.2) is 35.2 Å². The molecule has 0 saturated carbocycles. The number of hydrogen-bond acceptors (Lipinski definition) is 6. The Morgan fingerprint density at radius 3 is 2.22 bits per heavy atom. The van der Waals surface area contributed by atoms with Crippen molar-refractivity contribution < 1.29 is 28.2 Å². The first-order chi connectivity index (χ1) is 17.0. The minimum atomic E-state index is -1.61. The number of nitrogens with two attached hydrogens (primary N) is 1. The molecule has 0 radical (unpaired) electrons. The van der Waals surface area contributed by atoms with Gasteiger partial charge in [-0.15, -0.1) is 11.8 Å². The lowest BCUT2D eigenvalue weighted by atomic mass is 9.97. The highest BCUT2D eigenvalue weighted by molar-refractivity contribution is 7.99. The van der Waals surface area contributed by atoms with Crippen LogP contribution in [0.25, 0.3) is 0 Å². The second kappa shape index (κ2) is 17.1. The number of aliphatic hydroxyl groups is 2. The lowest BCUT2D eigenvalue weighted by molar-refractivity contribution is 0.102. The summed E-state index contributed by atoms with van der Waals surface area (Å²) in [5.74, 6) is -3.19. The molecule has 0 aliphatic rings. The first kappa shape index (κ1) is 32.6. The summed E-state index contributed by atoms with van der Waals surface area (Å²) in [5, 5.41) is 27.1. The smallest absolute Gasteiger partial charge is 0.255 e. The Kier molecular flexibility index (Phi) is 15.5. The number of nitrogens with one attached hydrogen (secondary N) is 1. The van der Waals surface area contributed by atoms with E-state index in [4.69, 9.17) is 16.7 Å². The number of aliphatic hydroxyl groups excluding tert-OH is 2. The van der Waals surface area contributed by atoms with Crippen LogP contribution in [-0.4, -0.2) is 39.8 Å². The fraction of sp³-hybridized carbons (Fsp3) is 0.480. The molecule has 11 heteroatoms. The van der Waals surface area contributed by atoms with Crippen molar-refractivity contribution in [2.45, 2.75) is 63.6 Å². The molecule has 0 aliphatic heterocycles. The highest BCUT2D eigenvalue weighted by Gasteiger charge is 2.17. The number of benzene rings is 2. The van der Waals surface area contributed by atoms with Gasteiger partial charge in [-0.25, -0.2) is 13.2 Å². The zero-order chi connectivity index (χ0) is 27.3. The van der Waals surface area contributed by atoms with Crippen molar-refractivity contribution in [3.63, 3.8) is 0 Å². The molecule has 0 bridgehead atoms. The molecule has 2 aromatic rings. The average Bonchev–Trinajstić information content (AvgIpc) is 2.80. The lowest BCUT2D eigenvalue weighted by Crippen LogP contribution is -2.15.